The van der Waals surface area contributed by atoms with Gasteiger partial charge in [0.2, 0.25) is 0 Å². The Labute approximate surface area is 240 Å². The third kappa shape index (κ3) is 12.1. The number of benzene rings is 1. The molecular weight excluding hydrogens is 506 g/mol. The lowest BCUT2D eigenvalue weighted by Crippen LogP contribution is -2.46. The fraction of sp³-hybridized carbons (Fsp3) is 0.656. The molecule has 2 heterocycles. The minimum atomic E-state index is -1.82. The highest BCUT2D eigenvalue weighted by molar-refractivity contribution is 6.27. The van der Waals surface area contributed by atoms with Gasteiger partial charge in [0, 0.05) is 38.1 Å². The summed E-state index contributed by atoms with van der Waals surface area (Å²) in [5.41, 5.74) is 2.16. The number of pyridine rings is 1. The van der Waals surface area contributed by atoms with Gasteiger partial charge in [-0.05, 0) is 25.6 Å². The predicted molar refractivity (Wildman–Crippen MR) is 164 cm³/mol. The molecule has 0 bridgehead atoms. The molecule has 0 atom stereocenters. The first-order valence-corrected chi connectivity index (χ1v) is 15.4. The number of hydrogen-bond acceptors (Lipinski definition) is 5. The molecule has 1 aromatic carbocycles. The van der Waals surface area contributed by atoms with Gasteiger partial charge < -0.3 is 24.6 Å². The topological polar surface area (TPSA) is 103 Å². The number of likely N-dealkylation sites (N-methyl/N-ethyl adjacent to an activating group) is 1. The Bertz CT molecular complexity index is 1060. The molecule has 1 aliphatic rings. The zero-order chi connectivity index (χ0) is 29.2. The number of rotatable bonds is 16. The molecule has 0 amide bonds. The maximum Gasteiger partial charge on any atom is 0.414 e. The second kappa shape index (κ2) is 19.2. The van der Waals surface area contributed by atoms with E-state index in [0.29, 0.717) is 0 Å². The van der Waals surface area contributed by atoms with Gasteiger partial charge in [-0.3, -0.25) is 4.79 Å². The van der Waals surface area contributed by atoms with E-state index in [4.69, 9.17) is 19.8 Å². The molecule has 40 heavy (non-hydrogen) atoms. The number of aryl methyl sites for hydroxylation is 1. The first kappa shape index (κ1) is 33.3. The van der Waals surface area contributed by atoms with Crippen molar-refractivity contribution in [3.05, 3.63) is 40.7 Å². The summed E-state index contributed by atoms with van der Waals surface area (Å²) in [6, 6.07) is 10.5. The summed E-state index contributed by atoms with van der Waals surface area (Å²) in [5, 5.41) is 16.0. The maximum absolute atomic E-state index is 13.4. The van der Waals surface area contributed by atoms with Crippen LogP contribution in [0.25, 0.3) is 10.9 Å². The molecule has 224 valence electrons. The van der Waals surface area contributed by atoms with E-state index in [-0.39, 0.29) is 5.56 Å². The number of carboxylic acids is 2. The molecule has 2 N–H and O–H groups in total. The fourth-order valence-electron chi connectivity index (χ4n) is 5.27. The molecule has 2 aromatic rings. The summed E-state index contributed by atoms with van der Waals surface area (Å²) in [5.74, 6) is -3.65. The van der Waals surface area contributed by atoms with E-state index in [2.05, 4.69) is 54.1 Å². The van der Waals surface area contributed by atoms with Crippen molar-refractivity contribution in [3.8, 4) is 0 Å². The van der Waals surface area contributed by atoms with Crippen LogP contribution in [0.3, 0.4) is 0 Å². The van der Waals surface area contributed by atoms with E-state index in [0.717, 1.165) is 50.3 Å². The van der Waals surface area contributed by atoms with Crippen LogP contribution in [0.4, 0.5) is 5.69 Å². The van der Waals surface area contributed by atoms with Crippen LogP contribution in [0, 0.1) is 0 Å². The molecule has 3 rings (SSSR count). The van der Waals surface area contributed by atoms with Crippen LogP contribution in [0.5, 0.6) is 0 Å². The van der Waals surface area contributed by atoms with Crippen LogP contribution in [-0.2, 0) is 16.1 Å². The molecule has 8 nitrogen and oxygen atoms in total. The molecule has 0 unspecified atom stereocenters. The SMILES string of the molecule is CCCCCCCCCCCCCCCCn1c(=O)c(N2CCN(C)CC2)cc2ccccc21.O=C(O)C(=O)O. The molecule has 0 spiro atoms. The van der Waals surface area contributed by atoms with Crippen LogP contribution in [0.15, 0.2) is 35.1 Å². The van der Waals surface area contributed by atoms with E-state index < -0.39 is 11.9 Å². The highest BCUT2D eigenvalue weighted by Crippen LogP contribution is 2.20. The number of piperazine rings is 1. The Hall–Kier alpha value is -2.87. The molecule has 1 aliphatic heterocycles. The lowest BCUT2D eigenvalue weighted by atomic mass is 10.0. The number of carboxylic acid groups (broad SMARTS) is 2. The number of aromatic nitrogens is 1. The Morgan fingerprint density at radius 3 is 1.70 bits per heavy atom. The number of nitrogens with zero attached hydrogens (tertiary/aromatic N) is 3. The summed E-state index contributed by atoms with van der Waals surface area (Å²) in [6.07, 6.45) is 19.0. The molecule has 1 aromatic heterocycles. The van der Waals surface area contributed by atoms with E-state index in [1.165, 1.54) is 88.9 Å². The largest absolute Gasteiger partial charge is 0.473 e. The normalized spacial score (nSPS) is 13.7. The van der Waals surface area contributed by atoms with Crippen molar-refractivity contribution in [3.63, 3.8) is 0 Å². The van der Waals surface area contributed by atoms with Crippen molar-refractivity contribution in [2.24, 2.45) is 0 Å². The van der Waals surface area contributed by atoms with Crippen LogP contribution in [0.2, 0.25) is 0 Å². The molecule has 8 heteroatoms. The van der Waals surface area contributed by atoms with Crippen molar-refractivity contribution in [2.75, 3.05) is 38.1 Å². The zero-order valence-electron chi connectivity index (χ0n) is 24.8. The minimum Gasteiger partial charge on any atom is -0.473 e. The number of carbonyl (C=O) groups is 2. The van der Waals surface area contributed by atoms with Crippen LogP contribution in [0.1, 0.15) is 96.8 Å². The second-order valence-corrected chi connectivity index (χ2v) is 11.0. The Morgan fingerprint density at radius 2 is 1.20 bits per heavy atom. The Balaban J connectivity index is 0.000000840. The first-order chi connectivity index (χ1) is 19.3. The smallest absolute Gasteiger partial charge is 0.414 e. The number of unbranched alkanes of at least 4 members (excludes halogenated alkanes) is 13. The van der Waals surface area contributed by atoms with Crippen LogP contribution >= 0.6 is 0 Å². The average molecular weight is 558 g/mol. The summed E-state index contributed by atoms with van der Waals surface area (Å²) in [4.78, 5) is 36.3. The summed E-state index contributed by atoms with van der Waals surface area (Å²) in [7, 11) is 2.16. The average Bonchev–Trinajstić information content (AvgIpc) is 2.95. The standard InChI is InChI=1S/C30H49N3O.C2H2O4/c1-3-4-5-6-7-8-9-10-11-12-13-14-15-18-21-33-28-20-17-16-19-27(28)26-29(30(33)34)32-24-22-31(2)23-25-32;3-1(4)2(5)6/h16-17,19-20,26H,3-15,18,21-25H2,1-2H3;(H,3,4)(H,5,6). The maximum atomic E-state index is 13.4. The molecular formula is C32H51N3O5. The predicted octanol–water partition coefficient (Wildman–Crippen LogP) is 6.39. The lowest BCUT2D eigenvalue weighted by Gasteiger charge is -2.34. The third-order valence-corrected chi connectivity index (χ3v) is 7.75. The minimum absolute atomic E-state index is 0.193. The van der Waals surface area contributed by atoms with E-state index >= 15 is 0 Å². The third-order valence-electron chi connectivity index (χ3n) is 7.75. The number of fused-ring (bicyclic) bond motifs is 1. The van der Waals surface area contributed by atoms with E-state index in [1.807, 2.05) is 4.57 Å². The van der Waals surface area contributed by atoms with Crippen LogP contribution < -0.4 is 10.5 Å². The van der Waals surface area contributed by atoms with Gasteiger partial charge in [0.1, 0.15) is 5.69 Å². The highest BCUT2D eigenvalue weighted by Gasteiger charge is 2.19. The van der Waals surface area contributed by atoms with Gasteiger partial charge in [-0.1, -0.05) is 109 Å². The second-order valence-electron chi connectivity index (χ2n) is 11.0. The molecule has 0 saturated carbocycles. The molecule has 1 fully saturated rings. The van der Waals surface area contributed by atoms with Gasteiger partial charge in [-0.2, -0.15) is 0 Å². The summed E-state index contributed by atoms with van der Waals surface area (Å²) < 4.78 is 2.05. The van der Waals surface area contributed by atoms with Crippen molar-refractivity contribution in [1.82, 2.24) is 9.47 Å². The van der Waals surface area contributed by atoms with Gasteiger partial charge in [0.05, 0.1) is 5.52 Å². The molecule has 0 radical (unpaired) electrons. The van der Waals surface area contributed by atoms with Gasteiger partial charge >= 0.3 is 11.9 Å². The number of anilines is 1. The monoisotopic (exact) mass is 557 g/mol. The Morgan fingerprint density at radius 1 is 0.725 bits per heavy atom. The van der Waals surface area contributed by atoms with Gasteiger partial charge in [-0.15, -0.1) is 0 Å². The van der Waals surface area contributed by atoms with E-state index in [1.54, 1.807) is 0 Å². The lowest BCUT2D eigenvalue weighted by molar-refractivity contribution is -0.159. The van der Waals surface area contributed by atoms with Crippen LogP contribution in [-0.4, -0.2) is 64.8 Å². The van der Waals surface area contributed by atoms with Crippen molar-refractivity contribution in [2.45, 2.75) is 103 Å². The van der Waals surface area contributed by atoms with Gasteiger partial charge in [0.25, 0.3) is 5.56 Å². The van der Waals surface area contributed by atoms with Crippen molar-refractivity contribution >= 4 is 28.5 Å². The molecule has 1 saturated heterocycles. The fourth-order valence-corrected chi connectivity index (χ4v) is 5.27. The highest BCUT2D eigenvalue weighted by atomic mass is 16.4. The van der Waals surface area contributed by atoms with Gasteiger partial charge in [-0.25, -0.2) is 9.59 Å². The van der Waals surface area contributed by atoms with E-state index in [9.17, 15) is 4.79 Å². The summed E-state index contributed by atoms with van der Waals surface area (Å²) in [6.45, 7) is 7.02. The summed E-state index contributed by atoms with van der Waals surface area (Å²) >= 11 is 0. The number of hydrogen-bond donors (Lipinski definition) is 2. The molecule has 0 aliphatic carbocycles. The number of para-hydroxylation sites is 1. The quantitative estimate of drug-likeness (QED) is 0.182. The first-order valence-electron chi connectivity index (χ1n) is 15.4. The van der Waals surface area contributed by atoms with Crippen molar-refractivity contribution < 1.29 is 19.8 Å². The van der Waals surface area contributed by atoms with Crippen molar-refractivity contribution in [1.29, 1.82) is 0 Å². The van der Waals surface area contributed by atoms with Gasteiger partial charge in [0.15, 0.2) is 0 Å². The zero-order valence-corrected chi connectivity index (χ0v) is 24.8. The Kier molecular flexibility index (Phi) is 16.0. The number of aliphatic carboxylic acids is 2.